The maximum absolute atomic E-state index is 4.29. The fourth-order valence-electron chi connectivity index (χ4n) is 1.36. The molecule has 1 nitrogen and oxygen atoms in total. The van der Waals surface area contributed by atoms with Gasteiger partial charge in [-0.3, -0.25) is 4.98 Å². The van der Waals surface area contributed by atoms with Crippen molar-refractivity contribution in [3.63, 3.8) is 0 Å². The lowest BCUT2D eigenvalue weighted by atomic mass is 10.0. The van der Waals surface area contributed by atoms with Gasteiger partial charge in [-0.1, -0.05) is 52.8 Å². The quantitative estimate of drug-likeness (QED) is 0.797. The van der Waals surface area contributed by atoms with E-state index in [4.69, 9.17) is 0 Å². The van der Waals surface area contributed by atoms with Crippen LogP contribution in [-0.2, 0) is 0 Å². The Labute approximate surface area is 97.6 Å². The van der Waals surface area contributed by atoms with E-state index in [1.165, 1.54) is 0 Å². The highest BCUT2D eigenvalue weighted by Gasteiger charge is 2.02. The maximum atomic E-state index is 4.29. The summed E-state index contributed by atoms with van der Waals surface area (Å²) in [4.78, 5) is 4.29. The van der Waals surface area contributed by atoms with E-state index in [9.17, 15) is 0 Å². The summed E-state index contributed by atoms with van der Waals surface area (Å²) < 4.78 is 1.02. The van der Waals surface area contributed by atoms with Gasteiger partial charge in [-0.2, -0.15) is 0 Å². The smallest absolute Gasteiger partial charge is 0.0713 e. The number of aromatic nitrogens is 1. The zero-order chi connectivity index (χ0) is 10.7. The summed E-state index contributed by atoms with van der Waals surface area (Å²) in [7, 11) is 0. The van der Waals surface area contributed by atoms with Crippen molar-refractivity contribution in [3.05, 3.63) is 71.0 Å². The van der Waals surface area contributed by atoms with E-state index >= 15 is 0 Å². The minimum absolute atomic E-state index is 0.899. The zero-order valence-electron chi connectivity index (χ0n) is 8.15. The third kappa shape index (κ3) is 2.34. The third-order valence-corrected chi connectivity index (χ3v) is 2.65. The number of pyridine rings is 1. The van der Waals surface area contributed by atoms with Crippen molar-refractivity contribution < 1.29 is 0 Å². The van der Waals surface area contributed by atoms with Gasteiger partial charge in [-0.05, 0) is 17.7 Å². The number of halogens is 1. The predicted octanol–water partition coefficient (Wildman–Crippen LogP) is 3.91. The lowest BCUT2D eigenvalue weighted by molar-refractivity contribution is 1.26. The van der Waals surface area contributed by atoms with Gasteiger partial charge in [0.1, 0.15) is 0 Å². The van der Waals surface area contributed by atoms with E-state index in [0.29, 0.717) is 0 Å². The minimum Gasteiger partial charge on any atom is -0.256 e. The largest absolute Gasteiger partial charge is 0.256 e. The molecule has 0 saturated carbocycles. The number of hydrogen-bond acceptors (Lipinski definition) is 1. The Morgan fingerprint density at radius 2 is 1.87 bits per heavy atom. The minimum atomic E-state index is 0.899. The normalized spacial score (nSPS) is 9.93. The van der Waals surface area contributed by atoms with Crippen LogP contribution < -0.4 is 0 Å². The van der Waals surface area contributed by atoms with E-state index in [-0.39, 0.29) is 0 Å². The molecule has 15 heavy (non-hydrogen) atoms. The van der Waals surface area contributed by atoms with Gasteiger partial charge in [-0.15, -0.1) is 0 Å². The Bertz CT molecular complexity index is 477. The predicted molar refractivity (Wildman–Crippen MR) is 66.5 cm³/mol. The molecule has 0 amide bonds. The first kappa shape index (κ1) is 10.1. The summed E-state index contributed by atoms with van der Waals surface area (Å²) in [5.41, 5.74) is 2.94. The maximum Gasteiger partial charge on any atom is 0.0713 e. The Morgan fingerprint density at radius 1 is 1.13 bits per heavy atom. The van der Waals surface area contributed by atoms with Crippen LogP contribution in [0.3, 0.4) is 0 Å². The molecule has 0 aliphatic heterocycles. The Kier molecular flexibility index (Phi) is 2.97. The number of benzene rings is 1. The Balaban J connectivity index is 2.37. The molecule has 1 aromatic heterocycles. The zero-order valence-corrected chi connectivity index (χ0v) is 9.74. The van der Waals surface area contributed by atoms with Crippen LogP contribution in [0, 0.1) is 0 Å². The van der Waals surface area contributed by atoms with Crippen LogP contribution in [0.2, 0.25) is 0 Å². The summed E-state index contributed by atoms with van der Waals surface area (Å²) in [6, 6.07) is 13.9. The van der Waals surface area contributed by atoms with Crippen LogP contribution >= 0.6 is 15.9 Å². The summed E-state index contributed by atoms with van der Waals surface area (Å²) in [6.07, 6.45) is 1.77. The molecule has 0 spiro atoms. The third-order valence-electron chi connectivity index (χ3n) is 2.15. The first-order valence-electron chi connectivity index (χ1n) is 4.63. The molecule has 2 heteroatoms. The van der Waals surface area contributed by atoms with Crippen LogP contribution in [-0.4, -0.2) is 4.98 Å². The van der Waals surface area contributed by atoms with Crippen molar-refractivity contribution in [1.29, 1.82) is 0 Å². The summed E-state index contributed by atoms with van der Waals surface area (Å²) in [6.45, 7) is 4.05. The first-order valence-corrected chi connectivity index (χ1v) is 5.43. The number of rotatable bonds is 2. The van der Waals surface area contributed by atoms with Gasteiger partial charge in [0.05, 0.1) is 5.69 Å². The lowest BCUT2D eigenvalue weighted by Crippen LogP contribution is -1.89. The molecule has 0 aliphatic rings. The molecule has 1 heterocycles. The summed E-state index contributed by atoms with van der Waals surface area (Å²) in [5, 5.41) is 0. The van der Waals surface area contributed by atoms with E-state index < -0.39 is 0 Å². The summed E-state index contributed by atoms with van der Waals surface area (Å²) in [5.74, 6) is 0. The molecule has 0 fully saturated rings. The molecule has 2 rings (SSSR count). The van der Waals surface area contributed by atoms with Gasteiger partial charge >= 0.3 is 0 Å². The van der Waals surface area contributed by atoms with E-state index in [1.807, 2.05) is 42.5 Å². The average molecular weight is 260 g/mol. The molecule has 0 bridgehead atoms. The fourth-order valence-corrected chi connectivity index (χ4v) is 1.69. The topological polar surface area (TPSA) is 12.9 Å². The standard InChI is InChI=1S/C13H10BrN/c1-10(11-5-3-2-4-6-11)13-9-12(14)7-8-15-13/h2-9H,1H2. The van der Waals surface area contributed by atoms with E-state index in [0.717, 1.165) is 21.3 Å². The fraction of sp³-hybridized carbons (Fsp3) is 0. The second-order valence-electron chi connectivity index (χ2n) is 3.20. The lowest BCUT2D eigenvalue weighted by Gasteiger charge is -2.04. The molecule has 0 unspecified atom stereocenters. The van der Waals surface area contributed by atoms with Crippen molar-refractivity contribution >= 4 is 21.5 Å². The van der Waals surface area contributed by atoms with Crippen molar-refractivity contribution in [2.75, 3.05) is 0 Å². The van der Waals surface area contributed by atoms with Gasteiger partial charge in [0.15, 0.2) is 0 Å². The molecule has 0 aliphatic carbocycles. The van der Waals surface area contributed by atoms with Crippen molar-refractivity contribution in [2.24, 2.45) is 0 Å². The monoisotopic (exact) mass is 259 g/mol. The first-order chi connectivity index (χ1) is 7.27. The van der Waals surface area contributed by atoms with Crippen LogP contribution in [0.4, 0.5) is 0 Å². The molecule has 2 aromatic rings. The molecule has 0 N–H and O–H groups in total. The number of hydrogen-bond donors (Lipinski definition) is 0. The average Bonchev–Trinajstić information content (AvgIpc) is 2.29. The van der Waals surface area contributed by atoms with E-state index in [1.54, 1.807) is 6.20 Å². The van der Waals surface area contributed by atoms with Crippen molar-refractivity contribution in [1.82, 2.24) is 4.98 Å². The molecular weight excluding hydrogens is 250 g/mol. The van der Waals surface area contributed by atoms with Crippen LogP contribution in [0.1, 0.15) is 11.3 Å². The van der Waals surface area contributed by atoms with Crippen LogP contribution in [0.15, 0.2) is 59.7 Å². The molecule has 1 aromatic carbocycles. The van der Waals surface area contributed by atoms with Gasteiger partial charge in [0.25, 0.3) is 0 Å². The van der Waals surface area contributed by atoms with Gasteiger partial charge in [0, 0.05) is 16.2 Å². The SMILES string of the molecule is C=C(c1ccccc1)c1cc(Br)ccn1. The van der Waals surface area contributed by atoms with Gasteiger partial charge in [-0.25, -0.2) is 0 Å². The van der Waals surface area contributed by atoms with Crippen molar-refractivity contribution in [2.45, 2.75) is 0 Å². The molecule has 0 radical (unpaired) electrons. The molecule has 0 atom stereocenters. The highest BCUT2D eigenvalue weighted by molar-refractivity contribution is 9.10. The molecule has 74 valence electrons. The number of nitrogens with zero attached hydrogens (tertiary/aromatic N) is 1. The highest BCUT2D eigenvalue weighted by Crippen LogP contribution is 2.21. The van der Waals surface area contributed by atoms with E-state index in [2.05, 4.69) is 27.5 Å². The highest BCUT2D eigenvalue weighted by atomic mass is 79.9. The second-order valence-corrected chi connectivity index (χ2v) is 4.12. The Hall–Kier alpha value is -1.41. The van der Waals surface area contributed by atoms with Crippen LogP contribution in [0.25, 0.3) is 5.57 Å². The van der Waals surface area contributed by atoms with Gasteiger partial charge in [0.2, 0.25) is 0 Å². The van der Waals surface area contributed by atoms with Gasteiger partial charge < -0.3 is 0 Å². The Morgan fingerprint density at radius 3 is 2.53 bits per heavy atom. The van der Waals surface area contributed by atoms with Crippen molar-refractivity contribution in [3.8, 4) is 0 Å². The van der Waals surface area contributed by atoms with Crippen LogP contribution in [0.5, 0.6) is 0 Å². The molecule has 0 saturated heterocycles. The molecular formula is C13H10BrN. The summed E-state index contributed by atoms with van der Waals surface area (Å²) >= 11 is 3.42. The second kappa shape index (κ2) is 4.41.